The molecule has 0 heterocycles. The van der Waals surface area contributed by atoms with E-state index in [1.807, 2.05) is 20.8 Å². The molecular formula is C14H22N2O3S. The van der Waals surface area contributed by atoms with E-state index < -0.39 is 10.0 Å². The Labute approximate surface area is 121 Å². The van der Waals surface area contributed by atoms with E-state index in [1.54, 1.807) is 12.1 Å². The zero-order valence-corrected chi connectivity index (χ0v) is 13.4. The largest absolute Gasteiger partial charge is 0.326 e. The number of carbonyl (C=O) groups is 1. The lowest BCUT2D eigenvalue weighted by Crippen LogP contribution is -2.22. The molecule has 0 spiro atoms. The smallest absolute Gasteiger partial charge is 0.242 e. The van der Waals surface area contributed by atoms with Gasteiger partial charge in [0.05, 0.1) is 4.90 Å². The van der Waals surface area contributed by atoms with E-state index in [1.165, 1.54) is 20.2 Å². The summed E-state index contributed by atoms with van der Waals surface area (Å²) in [6.45, 7) is 5.75. The lowest BCUT2D eigenvalue weighted by Gasteiger charge is -2.14. The summed E-state index contributed by atoms with van der Waals surface area (Å²) in [5.41, 5.74) is 1.37. The Bertz CT molecular complexity index is 592. The van der Waals surface area contributed by atoms with Crippen LogP contribution < -0.4 is 5.32 Å². The molecule has 0 fully saturated rings. The van der Waals surface area contributed by atoms with Crippen LogP contribution in [0.4, 0.5) is 5.69 Å². The van der Waals surface area contributed by atoms with Crippen molar-refractivity contribution in [3.05, 3.63) is 23.8 Å². The number of nitrogens with one attached hydrogen (secondary N) is 1. The second-order valence-electron chi connectivity index (χ2n) is 5.41. The number of rotatable bonds is 5. The van der Waals surface area contributed by atoms with Gasteiger partial charge in [-0.25, -0.2) is 12.7 Å². The van der Waals surface area contributed by atoms with Crippen LogP contribution >= 0.6 is 0 Å². The number of nitrogens with zero attached hydrogens (tertiary/aromatic N) is 1. The third-order valence-corrected chi connectivity index (χ3v) is 4.67. The lowest BCUT2D eigenvalue weighted by atomic mass is 10.1. The van der Waals surface area contributed by atoms with Crippen LogP contribution in [0.1, 0.15) is 25.8 Å². The Morgan fingerprint density at radius 1 is 1.30 bits per heavy atom. The molecular weight excluding hydrogens is 276 g/mol. The molecule has 0 aromatic heterocycles. The molecule has 0 aliphatic heterocycles. The van der Waals surface area contributed by atoms with E-state index in [2.05, 4.69) is 5.32 Å². The highest BCUT2D eigenvalue weighted by molar-refractivity contribution is 7.89. The fraction of sp³-hybridized carbons (Fsp3) is 0.500. The van der Waals surface area contributed by atoms with Gasteiger partial charge in [0.1, 0.15) is 0 Å². The normalized spacial score (nSPS) is 11.9. The second kappa shape index (κ2) is 6.37. The zero-order chi connectivity index (χ0) is 15.5. The van der Waals surface area contributed by atoms with Gasteiger partial charge in [0.2, 0.25) is 15.9 Å². The van der Waals surface area contributed by atoms with Crippen molar-refractivity contribution in [2.75, 3.05) is 19.4 Å². The number of carbonyl (C=O) groups excluding carboxylic acids is 1. The summed E-state index contributed by atoms with van der Waals surface area (Å²) in [4.78, 5) is 12.0. The van der Waals surface area contributed by atoms with E-state index >= 15 is 0 Å². The summed E-state index contributed by atoms with van der Waals surface area (Å²) in [6, 6.07) is 4.74. The minimum Gasteiger partial charge on any atom is -0.326 e. The quantitative estimate of drug-likeness (QED) is 0.906. The molecule has 6 heteroatoms. The van der Waals surface area contributed by atoms with Crippen molar-refractivity contribution in [1.82, 2.24) is 4.31 Å². The topological polar surface area (TPSA) is 66.5 Å². The molecule has 1 aromatic rings. The Balaban J connectivity index is 3.07. The Morgan fingerprint density at radius 3 is 2.40 bits per heavy atom. The van der Waals surface area contributed by atoms with Gasteiger partial charge in [0, 0.05) is 26.2 Å². The maximum absolute atomic E-state index is 12.1. The van der Waals surface area contributed by atoms with Crippen molar-refractivity contribution in [1.29, 1.82) is 0 Å². The average Bonchev–Trinajstić information content (AvgIpc) is 2.30. The highest BCUT2D eigenvalue weighted by atomic mass is 32.2. The van der Waals surface area contributed by atoms with E-state index in [-0.39, 0.29) is 16.7 Å². The summed E-state index contributed by atoms with van der Waals surface area (Å²) in [5, 5.41) is 2.77. The van der Waals surface area contributed by atoms with Crippen LogP contribution in [0, 0.1) is 12.8 Å². The third-order valence-electron chi connectivity index (χ3n) is 2.86. The minimum atomic E-state index is -3.49. The molecule has 1 aromatic carbocycles. The minimum absolute atomic E-state index is 0.109. The summed E-state index contributed by atoms with van der Waals surface area (Å²) < 4.78 is 25.3. The van der Waals surface area contributed by atoms with Crippen LogP contribution in [-0.4, -0.2) is 32.7 Å². The first-order chi connectivity index (χ1) is 9.14. The van der Waals surface area contributed by atoms with Crippen LogP contribution in [0.25, 0.3) is 0 Å². The summed E-state index contributed by atoms with van der Waals surface area (Å²) in [7, 11) is -0.536. The second-order valence-corrected chi connectivity index (χ2v) is 7.56. The molecule has 0 saturated heterocycles. The van der Waals surface area contributed by atoms with Crippen molar-refractivity contribution >= 4 is 21.6 Å². The van der Waals surface area contributed by atoms with E-state index in [0.717, 1.165) is 9.87 Å². The number of aryl methyl sites for hydroxylation is 1. The van der Waals surface area contributed by atoms with Crippen molar-refractivity contribution < 1.29 is 13.2 Å². The fourth-order valence-corrected chi connectivity index (χ4v) is 2.61. The van der Waals surface area contributed by atoms with Gasteiger partial charge in [0.15, 0.2) is 0 Å². The molecule has 0 atom stereocenters. The van der Waals surface area contributed by atoms with Crippen LogP contribution in [0.5, 0.6) is 0 Å². The molecule has 0 unspecified atom stereocenters. The Morgan fingerprint density at radius 2 is 1.90 bits per heavy atom. The van der Waals surface area contributed by atoms with E-state index in [4.69, 9.17) is 0 Å². The lowest BCUT2D eigenvalue weighted by molar-refractivity contribution is -0.116. The number of benzene rings is 1. The summed E-state index contributed by atoms with van der Waals surface area (Å²) in [5.74, 6) is 0.145. The molecule has 20 heavy (non-hydrogen) atoms. The molecule has 0 saturated carbocycles. The molecule has 1 rings (SSSR count). The Kier molecular flexibility index (Phi) is 5.30. The number of amides is 1. The summed E-state index contributed by atoms with van der Waals surface area (Å²) in [6.07, 6.45) is 0.407. The molecule has 1 N–H and O–H groups in total. The van der Waals surface area contributed by atoms with Crippen LogP contribution in [0.2, 0.25) is 0 Å². The molecule has 0 aliphatic rings. The van der Waals surface area contributed by atoms with Crippen LogP contribution in [0.3, 0.4) is 0 Å². The van der Waals surface area contributed by atoms with E-state index in [9.17, 15) is 13.2 Å². The maximum atomic E-state index is 12.1. The van der Waals surface area contributed by atoms with Crippen molar-refractivity contribution in [3.8, 4) is 0 Å². The van der Waals surface area contributed by atoms with Crippen LogP contribution in [0.15, 0.2) is 23.1 Å². The van der Waals surface area contributed by atoms with Gasteiger partial charge in [-0.3, -0.25) is 4.79 Å². The molecule has 0 radical (unpaired) electrons. The zero-order valence-electron chi connectivity index (χ0n) is 12.6. The van der Waals surface area contributed by atoms with Crippen LogP contribution in [-0.2, 0) is 14.8 Å². The molecule has 0 bridgehead atoms. The third kappa shape index (κ3) is 4.05. The first-order valence-corrected chi connectivity index (χ1v) is 7.91. The first-order valence-electron chi connectivity index (χ1n) is 6.47. The van der Waals surface area contributed by atoms with Gasteiger partial charge >= 0.3 is 0 Å². The molecule has 112 valence electrons. The van der Waals surface area contributed by atoms with Gasteiger partial charge < -0.3 is 5.32 Å². The maximum Gasteiger partial charge on any atom is 0.242 e. The number of hydrogen-bond acceptors (Lipinski definition) is 3. The SMILES string of the molecule is Cc1ccc(S(=O)(=O)N(C)C)cc1NC(=O)CC(C)C. The fourth-order valence-electron chi connectivity index (χ4n) is 1.68. The number of anilines is 1. The Hall–Kier alpha value is -1.40. The average molecular weight is 298 g/mol. The van der Waals surface area contributed by atoms with E-state index in [0.29, 0.717) is 12.1 Å². The van der Waals surface area contributed by atoms with Gasteiger partial charge in [-0.2, -0.15) is 0 Å². The van der Waals surface area contributed by atoms with Gasteiger partial charge in [-0.15, -0.1) is 0 Å². The van der Waals surface area contributed by atoms with Crippen molar-refractivity contribution in [2.45, 2.75) is 32.1 Å². The number of hydrogen-bond donors (Lipinski definition) is 1. The predicted octanol–water partition coefficient (Wildman–Crippen LogP) is 2.23. The predicted molar refractivity (Wildman–Crippen MR) is 80.1 cm³/mol. The summed E-state index contributed by atoms with van der Waals surface area (Å²) >= 11 is 0. The first kappa shape index (κ1) is 16.7. The monoisotopic (exact) mass is 298 g/mol. The number of sulfonamides is 1. The van der Waals surface area contributed by atoms with Gasteiger partial charge in [-0.1, -0.05) is 19.9 Å². The highest BCUT2D eigenvalue weighted by Crippen LogP contribution is 2.22. The standard InChI is InChI=1S/C14H22N2O3S/c1-10(2)8-14(17)15-13-9-12(7-6-11(13)3)20(18,19)16(4)5/h6-7,9-10H,8H2,1-5H3,(H,15,17). The highest BCUT2D eigenvalue weighted by Gasteiger charge is 2.18. The van der Waals surface area contributed by atoms with Gasteiger partial charge in [-0.05, 0) is 30.5 Å². The van der Waals surface area contributed by atoms with Crippen molar-refractivity contribution in [3.63, 3.8) is 0 Å². The molecule has 1 amide bonds. The van der Waals surface area contributed by atoms with Gasteiger partial charge in [0.25, 0.3) is 0 Å². The molecule has 5 nitrogen and oxygen atoms in total. The van der Waals surface area contributed by atoms with Crippen molar-refractivity contribution in [2.24, 2.45) is 5.92 Å². The molecule has 0 aliphatic carbocycles.